The number of benzene rings is 2. The monoisotopic (exact) mass is 668 g/mol. The minimum Gasteiger partial charge on any atom is -0.493 e. The molecule has 230 valence electrons. The van der Waals surface area contributed by atoms with E-state index in [4.69, 9.17) is 16.0 Å². The first-order valence-corrected chi connectivity index (χ1v) is 15.2. The van der Waals surface area contributed by atoms with Gasteiger partial charge in [0.15, 0.2) is 0 Å². The quantitative estimate of drug-likeness (QED) is 0.260. The number of rotatable bonds is 9. The summed E-state index contributed by atoms with van der Waals surface area (Å²) >= 11 is 6.44. The summed E-state index contributed by atoms with van der Waals surface area (Å²) < 4.78 is 79.7. The number of fused-ring (bicyclic) bond motifs is 1. The molecule has 0 bridgehead atoms. The van der Waals surface area contributed by atoms with E-state index in [0.29, 0.717) is 27.5 Å². The fraction of sp³-hybridized carbons (Fsp3) is 0.185. The van der Waals surface area contributed by atoms with Crippen molar-refractivity contribution in [2.45, 2.75) is 24.2 Å². The van der Waals surface area contributed by atoms with Crippen LogP contribution in [0.3, 0.4) is 0 Å². The number of carbonyl (C=O) groups is 1. The van der Waals surface area contributed by atoms with Crippen LogP contribution in [0.2, 0.25) is 5.02 Å². The van der Waals surface area contributed by atoms with Crippen LogP contribution >= 0.6 is 22.9 Å². The van der Waals surface area contributed by atoms with E-state index in [1.807, 2.05) is 0 Å². The van der Waals surface area contributed by atoms with Gasteiger partial charge < -0.3 is 14.3 Å². The molecule has 11 nitrogen and oxygen atoms in total. The molecule has 0 unspecified atom stereocenters. The lowest BCUT2D eigenvalue weighted by atomic mass is 9.96. The summed E-state index contributed by atoms with van der Waals surface area (Å²) in [6, 6.07) is 10.3. The van der Waals surface area contributed by atoms with Crippen LogP contribution in [0.25, 0.3) is 5.57 Å². The predicted octanol–water partition coefficient (Wildman–Crippen LogP) is 3.05. The topological polar surface area (TPSA) is 153 Å². The molecular weight excluding hydrogens is 649 g/mol. The normalized spacial score (nSPS) is 13.5. The summed E-state index contributed by atoms with van der Waals surface area (Å²) in [4.78, 5) is 23.8. The number of sulfonamides is 1. The van der Waals surface area contributed by atoms with Gasteiger partial charge in [-0.15, -0.1) is 0 Å². The maximum absolute atomic E-state index is 13.9. The van der Waals surface area contributed by atoms with E-state index in [9.17, 15) is 36.3 Å². The maximum atomic E-state index is 13.9. The van der Waals surface area contributed by atoms with Crippen LogP contribution in [-0.4, -0.2) is 43.9 Å². The van der Waals surface area contributed by atoms with Crippen LogP contribution < -0.4 is 20.2 Å². The minimum absolute atomic E-state index is 0.0125. The molecule has 17 heteroatoms. The zero-order valence-electron chi connectivity index (χ0n) is 22.4. The smallest absolute Gasteiger partial charge is 0.416 e. The molecule has 44 heavy (non-hydrogen) atoms. The number of furan rings is 1. The number of hydrogen-bond acceptors (Lipinski definition) is 10. The molecule has 5 rings (SSSR count). The first-order valence-electron chi connectivity index (χ1n) is 12.5. The third kappa shape index (κ3) is 6.33. The lowest BCUT2D eigenvalue weighted by Gasteiger charge is -2.15. The Labute approximate surface area is 255 Å². The van der Waals surface area contributed by atoms with Gasteiger partial charge >= 0.3 is 17.0 Å². The van der Waals surface area contributed by atoms with Crippen LogP contribution in [0.5, 0.6) is 5.88 Å². The second-order valence-electron chi connectivity index (χ2n) is 9.25. The number of nitrogens with zero attached hydrogens (tertiary/aromatic N) is 3. The van der Waals surface area contributed by atoms with E-state index >= 15 is 0 Å². The van der Waals surface area contributed by atoms with Gasteiger partial charge in [-0.1, -0.05) is 35.1 Å². The van der Waals surface area contributed by atoms with E-state index < -0.39 is 43.6 Å². The standard InChI is InChI=1S/C27H20ClF3N4O7S2/c1-41-25(37)21-6-7-22(42-21)44(39,40)33-8-9-35-24(36)23(43-26(35)38)18(14-3-5-20-16(10-14)13-32-34-20)11-15-2-4-17(28)12-19(15)27(29,30)31/h2-7,10,12-13,33,36H,8-9,11H2,1H3. The number of nitrogens with one attached hydrogen (secondary N) is 1. The molecule has 3 heterocycles. The number of carbonyl (C=O) groups excluding carboxylic acids is 1. The van der Waals surface area contributed by atoms with Crippen molar-refractivity contribution in [3.8, 4) is 5.88 Å². The number of esters is 1. The van der Waals surface area contributed by atoms with E-state index in [2.05, 4.69) is 19.7 Å². The highest BCUT2D eigenvalue weighted by Gasteiger charge is 2.34. The van der Waals surface area contributed by atoms with Crippen LogP contribution in [0.15, 0.2) is 73.0 Å². The first kappa shape index (κ1) is 31.2. The number of aromatic hydroxyl groups is 1. The molecule has 0 amide bonds. The summed E-state index contributed by atoms with van der Waals surface area (Å²) in [5, 5.41) is 19.2. The van der Waals surface area contributed by atoms with Crippen molar-refractivity contribution in [2.75, 3.05) is 13.7 Å². The zero-order valence-corrected chi connectivity index (χ0v) is 24.8. The molecule has 0 fully saturated rings. The summed E-state index contributed by atoms with van der Waals surface area (Å²) in [5.41, 5.74) is -0.346. The Morgan fingerprint density at radius 3 is 2.68 bits per heavy atom. The van der Waals surface area contributed by atoms with Crippen LogP contribution in [0.1, 0.15) is 32.1 Å². The Kier molecular flexibility index (Phi) is 8.53. The lowest BCUT2D eigenvalue weighted by molar-refractivity contribution is -0.138. The zero-order chi connectivity index (χ0) is 31.8. The van der Waals surface area contributed by atoms with Crippen LogP contribution in [0, 0.1) is 0 Å². The SMILES string of the molecule is COC(=O)c1ccc(S(=O)(=O)NCCn2c(O)c(C(Cc3ccc(Cl)cc3C(F)(F)F)=c3ccc4c(c3)C=NN=4)sc2=O)o1. The number of alkyl halides is 3. The average Bonchev–Trinajstić information content (AvgIpc) is 3.72. The van der Waals surface area contributed by atoms with E-state index in [1.165, 1.54) is 18.3 Å². The molecule has 1 aliphatic rings. The third-order valence-electron chi connectivity index (χ3n) is 6.49. The van der Waals surface area contributed by atoms with Crippen molar-refractivity contribution in [1.29, 1.82) is 0 Å². The molecule has 1 aliphatic heterocycles. The second kappa shape index (κ2) is 12.0. The molecule has 2 aromatic heterocycles. The Bertz CT molecular complexity index is 2100. The molecule has 0 spiro atoms. The van der Waals surface area contributed by atoms with E-state index in [-0.39, 0.29) is 46.3 Å². The fourth-order valence-corrected chi connectivity index (χ4v) is 6.49. The van der Waals surface area contributed by atoms with E-state index in [1.54, 1.807) is 18.2 Å². The average molecular weight is 669 g/mol. The van der Waals surface area contributed by atoms with Crippen molar-refractivity contribution >= 4 is 50.7 Å². The predicted molar refractivity (Wildman–Crippen MR) is 153 cm³/mol. The Balaban J connectivity index is 1.50. The van der Waals surface area contributed by atoms with Crippen LogP contribution in [-0.2, 0) is 33.9 Å². The Morgan fingerprint density at radius 2 is 1.95 bits per heavy atom. The fourth-order valence-electron chi connectivity index (χ4n) is 4.39. The highest BCUT2D eigenvalue weighted by molar-refractivity contribution is 7.89. The Morgan fingerprint density at radius 1 is 1.18 bits per heavy atom. The highest BCUT2D eigenvalue weighted by atomic mass is 35.5. The summed E-state index contributed by atoms with van der Waals surface area (Å²) in [6.07, 6.45) is -3.62. The maximum Gasteiger partial charge on any atom is 0.416 e. The minimum atomic E-state index is -4.74. The third-order valence-corrected chi connectivity index (χ3v) is 9.08. The molecule has 0 aliphatic carbocycles. The molecule has 2 N–H and O–H groups in total. The van der Waals surface area contributed by atoms with Gasteiger partial charge in [0.05, 0.1) is 29.1 Å². The van der Waals surface area contributed by atoms with Gasteiger partial charge in [-0.25, -0.2) is 17.9 Å². The molecule has 0 radical (unpaired) electrons. The summed E-state index contributed by atoms with van der Waals surface area (Å²) in [6.45, 7) is -0.732. The second-order valence-corrected chi connectivity index (χ2v) is 12.3. The molecule has 0 atom stereocenters. The molecule has 0 saturated heterocycles. The number of ether oxygens (including phenoxy) is 1. The molecular formula is C27H20ClF3N4O7S2. The van der Waals surface area contributed by atoms with Gasteiger partial charge in [0.1, 0.15) is 0 Å². The number of methoxy groups -OCH3 is 1. The van der Waals surface area contributed by atoms with Crippen molar-refractivity contribution in [1.82, 2.24) is 9.29 Å². The van der Waals surface area contributed by atoms with Gasteiger partial charge in [0.2, 0.25) is 16.7 Å². The number of halogens is 4. The molecule has 0 saturated carbocycles. The van der Waals surface area contributed by atoms with Crippen molar-refractivity contribution < 1.29 is 40.6 Å². The largest absolute Gasteiger partial charge is 0.493 e. The van der Waals surface area contributed by atoms with Gasteiger partial charge in [0, 0.05) is 30.1 Å². The number of aromatic nitrogens is 1. The molecule has 2 aromatic carbocycles. The number of hydrogen-bond donors (Lipinski definition) is 2. The van der Waals surface area contributed by atoms with Crippen LogP contribution in [0.4, 0.5) is 13.2 Å². The van der Waals surface area contributed by atoms with Crippen molar-refractivity contribution in [3.05, 3.63) is 101 Å². The summed E-state index contributed by atoms with van der Waals surface area (Å²) in [5.74, 6) is -1.79. The van der Waals surface area contributed by atoms with Gasteiger partial charge in [0.25, 0.3) is 10.0 Å². The van der Waals surface area contributed by atoms with Gasteiger partial charge in [-0.05, 0) is 52.8 Å². The van der Waals surface area contributed by atoms with E-state index in [0.717, 1.165) is 29.9 Å². The van der Waals surface area contributed by atoms with Gasteiger partial charge in [-0.3, -0.25) is 9.36 Å². The highest BCUT2D eigenvalue weighted by Crippen LogP contribution is 2.37. The lowest BCUT2D eigenvalue weighted by Crippen LogP contribution is -2.29. The summed E-state index contributed by atoms with van der Waals surface area (Å²) in [7, 11) is -3.16. The van der Waals surface area contributed by atoms with Crippen molar-refractivity contribution in [2.24, 2.45) is 10.2 Å². The van der Waals surface area contributed by atoms with Gasteiger partial charge in [-0.2, -0.15) is 23.4 Å². The molecule has 4 aromatic rings. The number of thiazole rings is 1. The first-order chi connectivity index (χ1) is 20.8. The Hall–Kier alpha value is -4.25. The van der Waals surface area contributed by atoms with Crippen molar-refractivity contribution in [3.63, 3.8) is 0 Å².